The van der Waals surface area contributed by atoms with Crippen molar-refractivity contribution in [1.29, 1.82) is 0 Å². The maximum absolute atomic E-state index is 12.4. The Morgan fingerprint density at radius 2 is 2.00 bits per heavy atom. The molecular weight excluding hydrogens is 296 g/mol. The molecule has 1 aromatic rings. The molecule has 0 saturated heterocycles. The van der Waals surface area contributed by atoms with Crippen molar-refractivity contribution in [2.75, 3.05) is 24.7 Å². The van der Waals surface area contributed by atoms with Crippen LogP contribution in [0.25, 0.3) is 0 Å². The average Bonchev–Trinajstić information content (AvgIpc) is 2.77. The number of likely N-dealkylation sites (N-methyl/N-ethyl adjacent to an activating group) is 1. The Labute approximate surface area is 135 Å². The van der Waals surface area contributed by atoms with Crippen molar-refractivity contribution in [2.45, 2.75) is 62.3 Å². The van der Waals surface area contributed by atoms with E-state index < -0.39 is 10.8 Å². The maximum atomic E-state index is 12.4. The molecule has 1 aliphatic carbocycles. The second kappa shape index (κ2) is 5.57. The van der Waals surface area contributed by atoms with Gasteiger partial charge in [-0.2, -0.15) is 0 Å². The van der Waals surface area contributed by atoms with Gasteiger partial charge in [-0.1, -0.05) is 20.8 Å². The quantitative estimate of drug-likeness (QED) is 0.887. The van der Waals surface area contributed by atoms with Gasteiger partial charge >= 0.3 is 0 Å². The Hall–Kier alpha value is -1.01. The molecule has 1 saturated carbocycles. The SMILES string of the molecule is CNCC1(Nc2nc(C(C)(C)C)nc3c2S(=O)CC3)CCC1. The minimum Gasteiger partial charge on any atom is -0.362 e. The van der Waals surface area contributed by atoms with E-state index in [4.69, 9.17) is 9.97 Å². The molecule has 2 N–H and O–H groups in total. The number of aromatic nitrogens is 2. The van der Waals surface area contributed by atoms with Gasteiger partial charge < -0.3 is 10.6 Å². The summed E-state index contributed by atoms with van der Waals surface area (Å²) in [7, 11) is 1.01. The first kappa shape index (κ1) is 15.9. The van der Waals surface area contributed by atoms with Gasteiger partial charge in [0.2, 0.25) is 0 Å². The molecule has 6 heteroatoms. The smallest absolute Gasteiger partial charge is 0.146 e. The number of nitrogens with zero attached hydrogens (tertiary/aromatic N) is 2. The molecule has 1 atom stereocenters. The highest BCUT2D eigenvalue weighted by Crippen LogP contribution is 2.38. The molecule has 2 heterocycles. The zero-order valence-electron chi connectivity index (χ0n) is 14.0. The van der Waals surface area contributed by atoms with Crippen LogP contribution >= 0.6 is 0 Å². The normalized spacial score (nSPS) is 23.0. The van der Waals surface area contributed by atoms with Gasteiger partial charge in [0, 0.05) is 24.1 Å². The first-order valence-electron chi connectivity index (χ1n) is 8.07. The summed E-state index contributed by atoms with van der Waals surface area (Å²) in [6.07, 6.45) is 4.28. The van der Waals surface area contributed by atoms with Crippen LogP contribution in [0.1, 0.15) is 51.6 Å². The summed E-state index contributed by atoms with van der Waals surface area (Å²) in [5.74, 6) is 2.32. The van der Waals surface area contributed by atoms with Gasteiger partial charge in [-0.25, -0.2) is 9.97 Å². The van der Waals surface area contributed by atoms with E-state index >= 15 is 0 Å². The van der Waals surface area contributed by atoms with Crippen molar-refractivity contribution in [2.24, 2.45) is 0 Å². The van der Waals surface area contributed by atoms with Crippen LogP contribution in [0.3, 0.4) is 0 Å². The van der Waals surface area contributed by atoms with Crippen LogP contribution in [0.2, 0.25) is 0 Å². The Kier molecular flexibility index (Phi) is 4.01. The topological polar surface area (TPSA) is 66.9 Å². The second-order valence-electron chi connectivity index (χ2n) is 7.51. The van der Waals surface area contributed by atoms with Gasteiger partial charge in [0.05, 0.1) is 22.0 Å². The summed E-state index contributed by atoms with van der Waals surface area (Å²) in [5, 5.41) is 6.90. The van der Waals surface area contributed by atoms with Crippen molar-refractivity contribution >= 4 is 16.6 Å². The highest BCUT2D eigenvalue weighted by atomic mass is 32.2. The van der Waals surface area contributed by atoms with E-state index in [0.717, 1.165) is 48.0 Å². The van der Waals surface area contributed by atoms with E-state index in [1.54, 1.807) is 0 Å². The molecule has 22 heavy (non-hydrogen) atoms. The molecule has 1 fully saturated rings. The number of hydrogen-bond acceptors (Lipinski definition) is 5. The van der Waals surface area contributed by atoms with E-state index in [0.29, 0.717) is 5.75 Å². The lowest BCUT2D eigenvalue weighted by molar-refractivity contribution is 0.271. The molecule has 122 valence electrons. The predicted molar refractivity (Wildman–Crippen MR) is 89.8 cm³/mol. The molecular formula is C16H26N4OS. The minimum absolute atomic E-state index is 0.0544. The van der Waals surface area contributed by atoms with Gasteiger partial charge in [0.15, 0.2) is 0 Å². The maximum Gasteiger partial charge on any atom is 0.146 e. The van der Waals surface area contributed by atoms with Gasteiger partial charge in [-0.05, 0) is 26.3 Å². The lowest BCUT2D eigenvalue weighted by Gasteiger charge is -2.43. The fourth-order valence-electron chi connectivity index (χ4n) is 3.16. The predicted octanol–water partition coefficient (Wildman–Crippen LogP) is 1.99. The van der Waals surface area contributed by atoms with Crippen LogP contribution < -0.4 is 10.6 Å². The molecule has 1 aromatic heterocycles. The van der Waals surface area contributed by atoms with Crippen LogP contribution in [0.5, 0.6) is 0 Å². The van der Waals surface area contributed by atoms with Crippen LogP contribution in [0.15, 0.2) is 4.90 Å². The molecule has 1 aliphatic heterocycles. The fraction of sp³-hybridized carbons (Fsp3) is 0.750. The van der Waals surface area contributed by atoms with Gasteiger partial charge in [0.25, 0.3) is 0 Å². The number of aryl methyl sites for hydroxylation is 1. The molecule has 3 rings (SSSR count). The van der Waals surface area contributed by atoms with E-state index in [1.807, 2.05) is 7.05 Å². The minimum atomic E-state index is -0.969. The first-order valence-corrected chi connectivity index (χ1v) is 9.39. The monoisotopic (exact) mass is 322 g/mol. The first-order chi connectivity index (χ1) is 10.3. The summed E-state index contributed by atoms with van der Waals surface area (Å²) in [6.45, 7) is 7.27. The van der Waals surface area contributed by atoms with E-state index in [2.05, 4.69) is 31.4 Å². The molecule has 0 bridgehead atoms. The van der Waals surface area contributed by atoms with Crippen molar-refractivity contribution in [3.8, 4) is 0 Å². The number of nitrogens with one attached hydrogen (secondary N) is 2. The van der Waals surface area contributed by atoms with Crippen molar-refractivity contribution in [3.63, 3.8) is 0 Å². The molecule has 0 aromatic carbocycles. The number of hydrogen-bond donors (Lipinski definition) is 2. The highest BCUT2D eigenvalue weighted by molar-refractivity contribution is 7.85. The highest BCUT2D eigenvalue weighted by Gasteiger charge is 2.39. The van der Waals surface area contributed by atoms with Crippen molar-refractivity contribution < 1.29 is 4.21 Å². The van der Waals surface area contributed by atoms with Crippen LogP contribution in [0.4, 0.5) is 5.82 Å². The Balaban J connectivity index is 2.02. The third-order valence-electron chi connectivity index (χ3n) is 4.57. The third-order valence-corrected chi connectivity index (χ3v) is 6.03. The van der Waals surface area contributed by atoms with Gasteiger partial charge in [-0.3, -0.25) is 4.21 Å². The van der Waals surface area contributed by atoms with Crippen LogP contribution in [-0.2, 0) is 22.6 Å². The van der Waals surface area contributed by atoms with Crippen molar-refractivity contribution in [1.82, 2.24) is 15.3 Å². The largest absolute Gasteiger partial charge is 0.362 e. The molecule has 1 unspecified atom stereocenters. The summed E-state index contributed by atoms with van der Waals surface area (Å²) < 4.78 is 12.4. The number of anilines is 1. The number of fused-ring (bicyclic) bond motifs is 1. The standard InChI is InChI=1S/C16H26N4OS/c1-15(2,3)14-18-11-6-9-22(21)12(11)13(19-14)20-16(10-17-4)7-5-8-16/h17H,5-10H2,1-4H3,(H,18,19,20). The summed E-state index contributed by atoms with van der Waals surface area (Å²) in [4.78, 5) is 10.3. The number of rotatable bonds is 4. The van der Waals surface area contributed by atoms with Crippen molar-refractivity contribution in [3.05, 3.63) is 11.5 Å². The van der Waals surface area contributed by atoms with E-state index in [9.17, 15) is 4.21 Å². The van der Waals surface area contributed by atoms with E-state index in [-0.39, 0.29) is 11.0 Å². The zero-order valence-corrected chi connectivity index (χ0v) is 14.8. The fourth-order valence-corrected chi connectivity index (χ4v) is 4.46. The Bertz CT molecular complexity index is 605. The Morgan fingerprint density at radius 1 is 1.27 bits per heavy atom. The molecule has 2 aliphatic rings. The summed E-state index contributed by atoms with van der Waals surface area (Å²) >= 11 is 0. The zero-order chi connectivity index (χ0) is 16.0. The molecule has 0 spiro atoms. The van der Waals surface area contributed by atoms with Crippen LogP contribution in [0, 0.1) is 0 Å². The van der Waals surface area contributed by atoms with Gasteiger partial charge in [-0.15, -0.1) is 0 Å². The van der Waals surface area contributed by atoms with Crippen LogP contribution in [-0.4, -0.2) is 39.1 Å². The molecule has 0 amide bonds. The second-order valence-corrected chi connectivity index (χ2v) is 9.02. The lowest BCUT2D eigenvalue weighted by Crippen LogP contribution is -2.52. The van der Waals surface area contributed by atoms with Gasteiger partial charge in [0.1, 0.15) is 16.5 Å². The summed E-state index contributed by atoms with van der Waals surface area (Å²) in [6, 6.07) is 0. The average molecular weight is 322 g/mol. The third kappa shape index (κ3) is 2.78. The van der Waals surface area contributed by atoms with E-state index in [1.165, 1.54) is 6.42 Å². The molecule has 5 nitrogen and oxygen atoms in total. The Morgan fingerprint density at radius 3 is 2.55 bits per heavy atom. The molecule has 0 radical (unpaired) electrons. The lowest BCUT2D eigenvalue weighted by atomic mass is 9.76. The summed E-state index contributed by atoms with van der Waals surface area (Å²) in [5.41, 5.74) is 0.920.